The van der Waals surface area contributed by atoms with E-state index in [-0.39, 0.29) is 17.4 Å². The summed E-state index contributed by atoms with van der Waals surface area (Å²) in [6.07, 6.45) is 1.76. The standard InChI is InChI=1S/C27H33N5O2/c1-2-32-24-13-7-6-12-23(24)28-25(27(32)34)31-14-8-11-22(20-31)26(33)30-17-15-29(16-18-30)19-21-9-4-3-5-10-21/h3-7,9-10,12-13,22H,2,8,11,14-20H2,1H3/t22-/m0/s1. The Morgan fingerprint density at radius 1 is 0.971 bits per heavy atom. The minimum Gasteiger partial charge on any atom is -0.351 e. The molecule has 3 heterocycles. The molecular formula is C27H33N5O2. The first-order chi connectivity index (χ1) is 16.6. The minimum absolute atomic E-state index is 0.0659. The van der Waals surface area contributed by atoms with Gasteiger partial charge in [-0.25, -0.2) is 4.98 Å². The van der Waals surface area contributed by atoms with Gasteiger partial charge in [-0.15, -0.1) is 0 Å². The summed E-state index contributed by atoms with van der Waals surface area (Å²) in [6.45, 7) is 8.15. The van der Waals surface area contributed by atoms with Crippen LogP contribution in [0, 0.1) is 5.92 Å². The lowest BCUT2D eigenvalue weighted by Gasteiger charge is -2.39. The molecule has 0 radical (unpaired) electrons. The molecule has 5 rings (SSSR count). The Kier molecular flexibility index (Phi) is 6.63. The van der Waals surface area contributed by atoms with Crippen molar-refractivity contribution in [2.24, 2.45) is 5.92 Å². The monoisotopic (exact) mass is 459 g/mol. The Morgan fingerprint density at radius 2 is 1.71 bits per heavy atom. The molecule has 1 amide bonds. The van der Waals surface area contributed by atoms with E-state index in [2.05, 4.69) is 29.2 Å². The number of para-hydroxylation sites is 2. The zero-order valence-corrected chi connectivity index (χ0v) is 19.9. The van der Waals surface area contributed by atoms with E-state index in [0.717, 1.165) is 63.1 Å². The number of aryl methyl sites for hydroxylation is 1. The number of carbonyl (C=O) groups excluding carboxylic acids is 1. The number of hydrogen-bond donors (Lipinski definition) is 0. The van der Waals surface area contributed by atoms with Gasteiger partial charge in [0, 0.05) is 52.4 Å². The van der Waals surface area contributed by atoms with Gasteiger partial charge in [-0.3, -0.25) is 14.5 Å². The number of anilines is 1. The number of carbonyl (C=O) groups is 1. The van der Waals surface area contributed by atoms with E-state index < -0.39 is 0 Å². The topological polar surface area (TPSA) is 61.7 Å². The van der Waals surface area contributed by atoms with Crippen LogP contribution < -0.4 is 10.5 Å². The Morgan fingerprint density at radius 3 is 2.47 bits per heavy atom. The van der Waals surface area contributed by atoms with Crippen LogP contribution in [0.1, 0.15) is 25.3 Å². The number of hydrogen-bond acceptors (Lipinski definition) is 5. The average molecular weight is 460 g/mol. The summed E-state index contributed by atoms with van der Waals surface area (Å²) < 4.78 is 1.79. The van der Waals surface area contributed by atoms with E-state index in [9.17, 15) is 9.59 Å². The van der Waals surface area contributed by atoms with E-state index >= 15 is 0 Å². The first-order valence-corrected chi connectivity index (χ1v) is 12.4. The Labute approximate surface area is 200 Å². The maximum Gasteiger partial charge on any atom is 0.293 e. The highest BCUT2D eigenvalue weighted by molar-refractivity contribution is 5.80. The highest BCUT2D eigenvalue weighted by atomic mass is 16.2. The molecule has 3 aromatic rings. The highest BCUT2D eigenvalue weighted by Gasteiger charge is 2.32. The predicted octanol–water partition coefficient (Wildman–Crippen LogP) is 2.98. The quantitative estimate of drug-likeness (QED) is 0.587. The average Bonchev–Trinajstić information content (AvgIpc) is 2.89. The summed E-state index contributed by atoms with van der Waals surface area (Å²) in [4.78, 5) is 37.8. The third-order valence-electron chi connectivity index (χ3n) is 7.15. The largest absolute Gasteiger partial charge is 0.351 e. The number of fused-ring (bicyclic) bond motifs is 1. The van der Waals surface area contributed by atoms with Crippen molar-refractivity contribution in [3.63, 3.8) is 0 Å². The molecule has 2 fully saturated rings. The summed E-state index contributed by atoms with van der Waals surface area (Å²) in [6, 6.07) is 18.3. The number of nitrogens with zero attached hydrogens (tertiary/aromatic N) is 5. The predicted molar refractivity (Wildman–Crippen MR) is 135 cm³/mol. The fourth-order valence-corrected chi connectivity index (χ4v) is 5.30. The van der Waals surface area contributed by atoms with Gasteiger partial charge in [-0.1, -0.05) is 42.5 Å². The van der Waals surface area contributed by atoms with Gasteiger partial charge in [0.25, 0.3) is 5.56 Å². The molecule has 0 saturated carbocycles. The van der Waals surface area contributed by atoms with Crippen molar-refractivity contribution in [2.75, 3.05) is 44.2 Å². The number of piperazine rings is 1. The van der Waals surface area contributed by atoms with Crippen molar-refractivity contribution in [3.8, 4) is 0 Å². The minimum atomic E-state index is -0.0860. The van der Waals surface area contributed by atoms with Crippen LogP contribution >= 0.6 is 0 Å². The number of amides is 1. The van der Waals surface area contributed by atoms with Crippen LogP contribution in [0.2, 0.25) is 0 Å². The molecular weight excluding hydrogens is 426 g/mol. The second kappa shape index (κ2) is 9.97. The van der Waals surface area contributed by atoms with Crippen molar-refractivity contribution in [1.29, 1.82) is 0 Å². The molecule has 1 atom stereocenters. The number of piperidine rings is 1. The number of rotatable bonds is 5. The molecule has 0 aliphatic carbocycles. The van der Waals surface area contributed by atoms with Crippen LogP contribution in [-0.4, -0.2) is 64.5 Å². The molecule has 7 heteroatoms. The van der Waals surface area contributed by atoms with E-state index in [1.165, 1.54) is 5.56 Å². The zero-order valence-electron chi connectivity index (χ0n) is 19.9. The Bertz CT molecular complexity index is 1200. The maximum absolute atomic E-state index is 13.4. The molecule has 2 aromatic carbocycles. The SMILES string of the molecule is CCn1c(=O)c(N2CCC[C@H](C(=O)N3CCN(Cc4ccccc4)CC3)C2)nc2ccccc21. The van der Waals surface area contributed by atoms with E-state index in [0.29, 0.717) is 18.9 Å². The second-order valence-electron chi connectivity index (χ2n) is 9.35. The summed E-state index contributed by atoms with van der Waals surface area (Å²) in [5.74, 6) is 0.614. The molecule has 2 aliphatic heterocycles. The lowest BCUT2D eigenvalue weighted by molar-refractivity contribution is -0.137. The van der Waals surface area contributed by atoms with Crippen LogP contribution in [-0.2, 0) is 17.9 Å². The number of benzene rings is 2. The molecule has 2 saturated heterocycles. The molecule has 0 unspecified atom stereocenters. The fourth-order valence-electron chi connectivity index (χ4n) is 5.30. The van der Waals surface area contributed by atoms with Crippen molar-refractivity contribution in [1.82, 2.24) is 19.4 Å². The van der Waals surface area contributed by atoms with E-state index in [1.807, 2.05) is 47.1 Å². The van der Waals surface area contributed by atoms with Gasteiger partial charge in [0.2, 0.25) is 5.91 Å². The fraction of sp³-hybridized carbons (Fsp3) is 0.444. The van der Waals surface area contributed by atoms with Gasteiger partial charge in [0.15, 0.2) is 5.82 Å². The zero-order chi connectivity index (χ0) is 23.5. The van der Waals surface area contributed by atoms with Crippen LogP contribution in [0.4, 0.5) is 5.82 Å². The Balaban J connectivity index is 1.26. The molecule has 1 aromatic heterocycles. The van der Waals surface area contributed by atoms with Gasteiger partial charge in [0.1, 0.15) is 0 Å². The van der Waals surface area contributed by atoms with Crippen molar-refractivity contribution < 1.29 is 4.79 Å². The summed E-state index contributed by atoms with van der Waals surface area (Å²) >= 11 is 0. The normalized spacial score (nSPS) is 19.5. The van der Waals surface area contributed by atoms with E-state index in [1.54, 1.807) is 4.57 Å². The van der Waals surface area contributed by atoms with Gasteiger partial charge in [-0.05, 0) is 37.5 Å². The molecule has 178 valence electrons. The van der Waals surface area contributed by atoms with Crippen LogP contribution in [0.15, 0.2) is 59.4 Å². The van der Waals surface area contributed by atoms with Gasteiger partial charge in [0.05, 0.1) is 17.0 Å². The van der Waals surface area contributed by atoms with Gasteiger partial charge < -0.3 is 14.4 Å². The lowest BCUT2D eigenvalue weighted by Crippen LogP contribution is -2.52. The number of aromatic nitrogens is 2. The summed E-state index contributed by atoms with van der Waals surface area (Å²) in [5.41, 5.74) is 2.92. The van der Waals surface area contributed by atoms with E-state index in [4.69, 9.17) is 4.98 Å². The lowest BCUT2D eigenvalue weighted by atomic mass is 9.96. The Hall–Kier alpha value is -3.19. The van der Waals surface area contributed by atoms with Gasteiger partial charge in [-0.2, -0.15) is 0 Å². The molecule has 34 heavy (non-hydrogen) atoms. The molecule has 7 nitrogen and oxygen atoms in total. The molecule has 0 N–H and O–H groups in total. The van der Waals surface area contributed by atoms with Crippen molar-refractivity contribution in [2.45, 2.75) is 32.9 Å². The highest BCUT2D eigenvalue weighted by Crippen LogP contribution is 2.24. The molecule has 0 spiro atoms. The molecule has 2 aliphatic rings. The second-order valence-corrected chi connectivity index (χ2v) is 9.35. The first-order valence-electron chi connectivity index (χ1n) is 12.4. The summed E-state index contributed by atoms with van der Waals surface area (Å²) in [5, 5.41) is 0. The maximum atomic E-state index is 13.4. The van der Waals surface area contributed by atoms with Crippen molar-refractivity contribution >= 4 is 22.8 Å². The first kappa shape index (κ1) is 22.6. The van der Waals surface area contributed by atoms with Gasteiger partial charge >= 0.3 is 0 Å². The van der Waals surface area contributed by atoms with Crippen LogP contribution in [0.5, 0.6) is 0 Å². The third-order valence-corrected chi connectivity index (χ3v) is 7.15. The van der Waals surface area contributed by atoms with Crippen LogP contribution in [0.25, 0.3) is 11.0 Å². The molecule has 0 bridgehead atoms. The van der Waals surface area contributed by atoms with Crippen molar-refractivity contribution in [3.05, 3.63) is 70.5 Å². The van der Waals surface area contributed by atoms with Crippen LogP contribution in [0.3, 0.4) is 0 Å². The third kappa shape index (κ3) is 4.57. The smallest absolute Gasteiger partial charge is 0.293 e. The summed E-state index contributed by atoms with van der Waals surface area (Å²) in [7, 11) is 0.